The summed E-state index contributed by atoms with van der Waals surface area (Å²) >= 11 is 0. The summed E-state index contributed by atoms with van der Waals surface area (Å²) in [7, 11) is 3.29. The number of hydrogen-bond donors (Lipinski definition) is 2. The molecule has 1 amide bonds. The molecule has 0 bridgehead atoms. The third kappa shape index (κ3) is 6.52. The minimum Gasteiger partial charge on any atom is -0.493 e. The Labute approximate surface area is 200 Å². The molecular weight excluding hydrogens is 507 g/mol. The number of hydrogen-bond acceptors (Lipinski definition) is 4. The number of amides is 1. The highest BCUT2D eigenvalue weighted by Crippen LogP contribution is 2.28. The molecule has 8 heteroatoms. The van der Waals surface area contributed by atoms with Gasteiger partial charge in [0.25, 0.3) is 0 Å². The highest BCUT2D eigenvalue weighted by Gasteiger charge is 2.31. The average molecular weight is 534 g/mol. The van der Waals surface area contributed by atoms with Crippen molar-refractivity contribution in [3.05, 3.63) is 54.1 Å². The van der Waals surface area contributed by atoms with Crippen LogP contribution in [0.2, 0.25) is 0 Å². The minimum atomic E-state index is -0.0192. The molecule has 2 N–H and O–H groups in total. The molecule has 1 aliphatic heterocycles. The van der Waals surface area contributed by atoms with Gasteiger partial charge in [-0.3, -0.25) is 9.79 Å². The molecule has 1 fully saturated rings. The van der Waals surface area contributed by atoms with E-state index in [0.717, 1.165) is 11.3 Å². The summed E-state index contributed by atoms with van der Waals surface area (Å²) in [5, 5.41) is 6.61. The summed E-state index contributed by atoms with van der Waals surface area (Å²) in [5.74, 6) is 4.40. The van der Waals surface area contributed by atoms with Gasteiger partial charge < -0.3 is 25.0 Å². The smallest absolute Gasteiger partial charge is 0.229 e. The lowest BCUT2D eigenvalue weighted by atomic mass is 10.2. The largest absolute Gasteiger partial charge is 0.493 e. The van der Waals surface area contributed by atoms with Gasteiger partial charge in [-0.25, -0.2) is 0 Å². The van der Waals surface area contributed by atoms with E-state index in [1.54, 1.807) is 19.1 Å². The first kappa shape index (κ1) is 24.3. The highest BCUT2D eigenvalue weighted by atomic mass is 127. The van der Waals surface area contributed by atoms with Crippen LogP contribution in [0.1, 0.15) is 12.0 Å². The number of terminal acetylenes is 1. The number of carbonyl (C=O) groups excluding carboxylic acids is 1. The van der Waals surface area contributed by atoms with Gasteiger partial charge in [-0.15, -0.1) is 30.4 Å². The van der Waals surface area contributed by atoms with Crippen LogP contribution in [0.25, 0.3) is 0 Å². The second-order valence-electron chi connectivity index (χ2n) is 6.79. The van der Waals surface area contributed by atoms with Crippen molar-refractivity contribution >= 4 is 41.5 Å². The maximum atomic E-state index is 12.4. The van der Waals surface area contributed by atoms with Crippen LogP contribution < -0.4 is 25.0 Å². The molecule has 31 heavy (non-hydrogen) atoms. The van der Waals surface area contributed by atoms with E-state index in [-0.39, 0.29) is 42.5 Å². The van der Waals surface area contributed by atoms with Gasteiger partial charge in [0.15, 0.2) is 17.5 Å². The van der Waals surface area contributed by atoms with Gasteiger partial charge in [-0.1, -0.05) is 30.2 Å². The number of aliphatic imine (C=N–C) groups is 1. The van der Waals surface area contributed by atoms with Crippen LogP contribution >= 0.6 is 24.0 Å². The third-order valence-electron chi connectivity index (χ3n) is 4.76. The maximum Gasteiger partial charge on any atom is 0.229 e. The van der Waals surface area contributed by atoms with E-state index in [1.807, 2.05) is 48.5 Å². The summed E-state index contributed by atoms with van der Waals surface area (Å²) in [5.41, 5.74) is 1.90. The first-order valence-electron chi connectivity index (χ1n) is 9.70. The van der Waals surface area contributed by atoms with Gasteiger partial charge in [-0.05, 0) is 29.8 Å². The molecule has 1 aliphatic rings. The van der Waals surface area contributed by atoms with E-state index in [9.17, 15) is 4.79 Å². The molecule has 1 heterocycles. The second-order valence-corrected chi connectivity index (χ2v) is 6.79. The first-order valence-corrected chi connectivity index (χ1v) is 9.70. The molecule has 2 aromatic rings. The summed E-state index contributed by atoms with van der Waals surface area (Å²) in [6.45, 7) is 1.29. The van der Waals surface area contributed by atoms with Crippen molar-refractivity contribution in [3.8, 4) is 23.8 Å². The number of rotatable bonds is 7. The van der Waals surface area contributed by atoms with Gasteiger partial charge in [0.1, 0.15) is 6.61 Å². The molecule has 164 valence electrons. The predicted octanol–water partition coefficient (Wildman–Crippen LogP) is 2.80. The zero-order chi connectivity index (χ0) is 21.3. The van der Waals surface area contributed by atoms with Crippen LogP contribution in [0.15, 0.2) is 53.5 Å². The Morgan fingerprint density at radius 2 is 2.03 bits per heavy atom. The maximum absolute atomic E-state index is 12.4. The molecule has 1 saturated heterocycles. The van der Waals surface area contributed by atoms with Gasteiger partial charge in [-0.2, -0.15) is 0 Å². The van der Waals surface area contributed by atoms with E-state index in [4.69, 9.17) is 15.9 Å². The van der Waals surface area contributed by atoms with Gasteiger partial charge in [0, 0.05) is 32.2 Å². The predicted molar refractivity (Wildman–Crippen MR) is 133 cm³/mol. The van der Waals surface area contributed by atoms with Crippen molar-refractivity contribution in [2.24, 2.45) is 4.99 Å². The average Bonchev–Trinajstić information content (AvgIpc) is 3.15. The van der Waals surface area contributed by atoms with Crippen LogP contribution in [-0.4, -0.2) is 45.2 Å². The van der Waals surface area contributed by atoms with Gasteiger partial charge >= 0.3 is 0 Å². The van der Waals surface area contributed by atoms with E-state index in [0.29, 0.717) is 37.0 Å². The number of nitrogens with zero attached hydrogens (tertiary/aromatic N) is 2. The lowest BCUT2D eigenvalue weighted by Crippen LogP contribution is -2.44. The lowest BCUT2D eigenvalue weighted by Gasteiger charge is -2.19. The topological polar surface area (TPSA) is 75.2 Å². The van der Waals surface area contributed by atoms with E-state index >= 15 is 0 Å². The zero-order valence-electron chi connectivity index (χ0n) is 17.6. The SMILES string of the molecule is C#CCOc1cc(CNC(=NC)NC2CC(=O)N(c3ccccc3)C2)ccc1OC.I. The second kappa shape index (κ2) is 12.1. The summed E-state index contributed by atoms with van der Waals surface area (Å²) in [6.07, 6.45) is 5.70. The zero-order valence-corrected chi connectivity index (χ0v) is 20.0. The number of ether oxygens (including phenoxy) is 2. The van der Waals surface area contributed by atoms with Crippen molar-refractivity contribution in [2.45, 2.75) is 19.0 Å². The van der Waals surface area contributed by atoms with Crippen LogP contribution in [0, 0.1) is 12.3 Å². The Kier molecular flexibility index (Phi) is 9.46. The monoisotopic (exact) mass is 534 g/mol. The molecular formula is C23H27IN4O3. The molecule has 0 aliphatic carbocycles. The summed E-state index contributed by atoms with van der Waals surface area (Å²) < 4.78 is 10.8. The number of methoxy groups -OCH3 is 1. The van der Waals surface area contributed by atoms with Crippen LogP contribution in [-0.2, 0) is 11.3 Å². The van der Waals surface area contributed by atoms with Gasteiger partial charge in [0.2, 0.25) is 5.91 Å². The first-order chi connectivity index (χ1) is 14.6. The van der Waals surface area contributed by atoms with Gasteiger partial charge in [0.05, 0.1) is 13.2 Å². The van der Waals surface area contributed by atoms with Crippen molar-refractivity contribution in [3.63, 3.8) is 0 Å². The number of para-hydroxylation sites is 1. The quantitative estimate of drug-likeness (QED) is 0.248. The van der Waals surface area contributed by atoms with Crippen LogP contribution in [0.4, 0.5) is 5.69 Å². The molecule has 0 radical (unpaired) electrons. The Bertz CT molecular complexity index is 944. The van der Waals surface area contributed by atoms with E-state index in [1.165, 1.54) is 0 Å². The fourth-order valence-electron chi connectivity index (χ4n) is 3.30. The number of benzene rings is 2. The minimum absolute atomic E-state index is 0. The number of carbonyl (C=O) groups is 1. The van der Waals surface area contributed by atoms with Crippen molar-refractivity contribution < 1.29 is 14.3 Å². The molecule has 1 atom stereocenters. The molecule has 0 aromatic heterocycles. The Morgan fingerprint density at radius 1 is 1.26 bits per heavy atom. The normalized spacial score (nSPS) is 15.6. The third-order valence-corrected chi connectivity index (χ3v) is 4.76. The van der Waals surface area contributed by atoms with Crippen molar-refractivity contribution in [2.75, 3.05) is 32.2 Å². The fourth-order valence-corrected chi connectivity index (χ4v) is 3.30. The van der Waals surface area contributed by atoms with Crippen molar-refractivity contribution in [1.29, 1.82) is 0 Å². The highest BCUT2D eigenvalue weighted by molar-refractivity contribution is 14.0. The fraction of sp³-hybridized carbons (Fsp3) is 0.304. The number of halogens is 1. The van der Waals surface area contributed by atoms with E-state index in [2.05, 4.69) is 21.5 Å². The molecule has 1 unspecified atom stereocenters. The lowest BCUT2D eigenvalue weighted by molar-refractivity contribution is -0.117. The molecule has 0 saturated carbocycles. The Balaban J connectivity index is 0.00000341. The molecule has 0 spiro atoms. The summed E-state index contributed by atoms with van der Waals surface area (Å²) in [6, 6.07) is 15.3. The molecule has 7 nitrogen and oxygen atoms in total. The summed E-state index contributed by atoms with van der Waals surface area (Å²) in [4.78, 5) is 18.5. The van der Waals surface area contributed by atoms with E-state index < -0.39 is 0 Å². The van der Waals surface area contributed by atoms with Crippen LogP contribution in [0.5, 0.6) is 11.5 Å². The number of guanidine groups is 1. The standard InChI is InChI=1S/C23H26N4O3.HI/c1-4-12-30-21-13-17(10-11-20(21)29-3)15-25-23(24-2)26-18-14-22(28)27(16-18)19-8-6-5-7-9-19;/h1,5-11,13,18H,12,14-16H2,2-3H3,(H2,24,25,26);1H. The van der Waals surface area contributed by atoms with Crippen molar-refractivity contribution in [1.82, 2.24) is 10.6 Å². The molecule has 3 rings (SSSR count). The Hall–Kier alpha value is -2.93. The number of anilines is 1. The Morgan fingerprint density at radius 3 is 2.71 bits per heavy atom. The van der Waals surface area contributed by atoms with Crippen LogP contribution in [0.3, 0.4) is 0 Å². The molecule has 2 aromatic carbocycles. The number of nitrogens with one attached hydrogen (secondary N) is 2.